The topological polar surface area (TPSA) is 94.1 Å². The Balaban J connectivity index is 1.55. The van der Waals surface area contributed by atoms with E-state index in [1.165, 1.54) is 0 Å². The number of carbonyl (C=O) groups is 2. The molecular weight excluding hydrogens is 366 g/mol. The number of fused-ring (bicyclic) bond motifs is 1. The summed E-state index contributed by atoms with van der Waals surface area (Å²) in [6.07, 6.45) is 5.23. The fourth-order valence-corrected chi connectivity index (χ4v) is 4.07. The predicted molar refractivity (Wildman–Crippen MR) is 111 cm³/mol. The summed E-state index contributed by atoms with van der Waals surface area (Å²) in [6, 6.07) is 10.0. The minimum Gasteiger partial charge on any atom is -0.369 e. The van der Waals surface area contributed by atoms with Gasteiger partial charge in [-0.1, -0.05) is 0 Å². The lowest BCUT2D eigenvalue weighted by atomic mass is 9.96. The molecule has 2 amide bonds. The Labute approximate surface area is 169 Å². The number of rotatable bonds is 5. The van der Waals surface area contributed by atoms with Crippen LogP contribution in [0.5, 0.6) is 0 Å². The van der Waals surface area contributed by atoms with Crippen LogP contribution in [0.3, 0.4) is 0 Å². The third kappa shape index (κ3) is 3.85. The SMILES string of the molecule is Cc1ncccc1-c1cc2cccnc2n1CCC(=O)N1CCC(C(N)=O)CC1. The first kappa shape index (κ1) is 19.1. The van der Waals surface area contributed by atoms with E-state index in [1.54, 1.807) is 12.4 Å². The zero-order valence-electron chi connectivity index (χ0n) is 16.5. The Hall–Kier alpha value is -3.22. The van der Waals surface area contributed by atoms with Crippen molar-refractivity contribution in [2.75, 3.05) is 13.1 Å². The van der Waals surface area contributed by atoms with E-state index in [4.69, 9.17) is 5.73 Å². The molecule has 0 radical (unpaired) electrons. The first-order valence-electron chi connectivity index (χ1n) is 9.98. The molecule has 0 aromatic carbocycles. The average molecular weight is 391 g/mol. The van der Waals surface area contributed by atoms with Crippen molar-refractivity contribution >= 4 is 22.8 Å². The van der Waals surface area contributed by atoms with E-state index < -0.39 is 0 Å². The van der Waals surface area contributed by atoms with E-state index in [0.29, 0.717) is 38.9 Å². The molecule has 3 aromatic heterocycles. The van der Waals surface area contributed by atoms with Crippen molar-refractivity contribution in [3.8, 4) is 11.3 Å². The second-order valence-electron chi connectivity index (χ2n) is 7.54. The molecule has 3 aromatic rings. The van der Waals surface area contributed by atoms with E-state index in [0.717, 1.165) is 28.0 Å². The normalized spacial score (nSPS) is 15.0. The molecule has 1 saturated heterocycles. The van der Waals surface area contributed by atoms with Crippen LogP contribution in [-0.4, -0.2) is 44.3 Å². The molecule has 0 atom stereocenters. The lowest BCUT2D eigenvalue weighted by Gasteiger charge is -2.30. The first-order valence-corrected chi connectivity index (χ1v) is 9.98. The number of carbonyl (C=O) groups excluding carboxylic acids is 2. The Morgan fingerprint density at radius 3 is 2.59 bits per heavy atom. The fourth-order valence-electron chi connectivity index (χ4n) is 4.07. The maximum atomic E-state index is 12.8. The summed E-state index contributed by atoms with van der Waals surface area (Å²) in [5, 5.41) is 1.04. The molecule has 0 bridgehead atoms. The molecule has 0 unspecified atom stereocenters. The van der Waals surface area contributed by atoms with Gasteiger partial charge in [-0.3, -0.25) is 14.6 Å². The van der Waals surface area contributed by atoms with Gasteiger partial charge in [-0.05, 0) is 50.1 Å². The fraction of sp³-hybridized carbons (Fsp3) is 0.364. The summed E-state index contributed by atoms with van der Waals surface area (Å²) in [4.78, 5) is 34.9. The predicted octanol–water partition coefficient (Wildman–Crippen LogP) is 2.52. The summed E-state index contributed by atoms with van der Waals surface area (Å²) >= 11 is 0. The van der Waals surface area contributed by atoms with Gasteiger partial charge in [-0.25, -0.2) is 4.98 Å². The number of hydrogen-bond donors (Lipinski definition) is 1. The van der Waals surface area contributed by atoms with Crippen LogP contribution in [-0.2, 0) is 16.1 Å². The number of primary amides is 1. The van der Waals surface area contributed by atoms with Crippen molar-refractivity contribution in [3.63, 3.8) is 0 Å². The highest BCUT2D eigenvalue weighted by Gasteiger charge is 2.26. The highest BCUT2D eigenvalue weighted by Crippen LogP contribution is 2.29. The zero-order valence-corrected chi connectivity index (χ0v) is 16.5. The van der Waals surface area contributed by atoms with Gasteiger partial charge in [0.15, 0.2) is 0 Å². The number of nitrogens with zero attached hydrogens (tertiary/aromatic N) is 4. The summed E-state index contributed by atoms with van der Waals surface area (Å²) in [5.74, 6) is -0.283. The largest absolute Gasteiger partial charge is 0.369 e. The number of nitrogens with two attached hydrogens (primary N) is 1. The average Bonchev–Trinajstić information content (AvgIpc) is 3.10. The molecule has 1 aliphatic rings. The van der Waals surface area contributed by atoms with Gasteiger partial charge < -0.3 is 15.2 Å². The Bertz CT molecular complexity index is 1050. The second kappa shape index (κ2) is 8.03. The Kier molecular flexibility index (Phi) is 5.29. The van der Waals surface area contributed by atoms with Gasteiger partial charge in [-0.15, -0.1) is 0 Å². The quantitative estimate of drug-likeness (QED) is 0.723. The van der Waals surface area contributed by atoms with E-state index in [1.807, 2.05) is 36.1 Å². The molecule has 1 aliphatic heterocycles. The highest BCUT2D eigenvalue weighted by molar-refractivity contribution is 5.85. The third-order valence-corrected chi connectivity index (χ3v) is 5.74. The second-order valence-corrected chi connectivity index (χ2v) is 7.54. The molecule has 0 spiro atoms. The van der Waals surface area contributed by atoms with Gasteiger partial charge in [0.2, 0.25) is 11.8 Å². The summed E-state index contributed by atoms with van der Waals surface area (Å²) in [5.41, 5.74) is 9.26. The third-order valence-electron chi connectivity index (χ3n) is 5.74. The van der Waals surface area contributed by atoms with Crippen LogP contribution < -0.4 is 5.73 Å². The van der Waals surface area contributed by atoms with Crippen molar-refractivity contribution in [3.05, 3.63) is 48.4 Å². The number of amides is 2. The van der Waals surface area contributed by atoms with E-state index in [-0.39, 0.29) is 17.7 Å². The van der Waals surface area contributed by atoms with Crippen LogP contribution in [0.2, 0.25) is 0 Å². The monoisotopic (exact) mass is 391 g/mol. The van der Waals surface area contributed by atoms with Crippen LogP contribution in [0, 0.1) is 12.8 Å². The molecule has 0 saturated carbocycles. The zero-order chi connectivity index (χ0) is 20.4. The standard InChI is InChI=1S/C22H25N5O2/c1-15-18(5-3-9-24-15)19-14-17-4-2-10-25-22(17)27(19)13-8-20(28)26-11-6-16(7-12-26)21(23)29/h2-5,9-10,14,16H,6-8,11-13H2,1H3,(H2,23,29). The molecule has 2 N–H and O–H groups in total. The van der Waals surface area contributed by atoms with E-state index >= 15 is 0 Å². The van der Waals surface area contributed by atoms with Crippen molar-refractivity contribution in [2.45, 2.75) is 32.7 Å². The maximum absolute atomic E-state index is 12.8. The van der Waals surface area contributed by atoms with Crippen molar-refractivity contribution < 1.29 is 9.59 Å². The number of aryl methyl sites for hydroxylation is 2. The number of piperidine rings is 1. The minimum absolute atomic E-state index is 0.0968. The van der Waals surface area contributed by atoms with Gasteiger partial charge in [0.1, 0.15) is 5.65 Å². The molecule has 1 fully saturated rings. The molecule has 4 rings (SSSR count). The number of pyridine rings is 2. The molecule has 29 heavy (non-hydrogen) atoms. The van der Waals surface area contributed by atoms with Crippen molar-refractivity contribution in [2.24, 2.45) is 11.7 Å². The van der Waals surface area contributed by atoms with Gasteiger partial charge in [0.05, 0.1) is 5.69 Å². The van der Waals surface area contributed by atoms with Gasteiger partial charge in [0.25, 0.3) is 0 Å². The highest BCUT2D eigenvalue weighted by atomic mass is 16.2. The van der Waals surface area contributed by atoms with Gasteiger partial charge in [0, 0.05) is 61.0 Å². The summed E-state index contributed by atoms with van der Waals surface area (Å²) in [7, 11) is 0. The lowest BCUT2D eigenvalue weighted by Crippen LogP contribution is -2.41. The van der Waals surface area contributed by atoms with Crippen LogP contribution in [0.25, 0.3) is 22.3 Å². The smallest absolute Gasteiger partial charge is 0.224 e. The summed E-state index contributed by atoms with van der Waals surface area (Å²) < 4.78 is 2.10. The van der Waals surface area contributed by atoms with Crippen molar-refractivity contribution in [1.29, 1.82) is 0 Å². The van der Waals surface area contributed by atoms with Gasteiger partial charge in [-0.2, -0.15) is 0 Å². The van der Waals surface area contributed by atoms with Crippen molar-refractivity contribution in [1.82, 2.24) is 19.4 Å². The van der Waals surface area contributed by atoms with Crippen LogP contribution in [0.15, 0.2) is 42.7 Å². The first-order chi connectivity index (χ1) is 14.0. The van der Waals surface area contributed by atoms with E-state index in [9.17, 15) is 9.59 Å². The molecule has 4 heterocycles. The number of hydrogen-bond acceptors (Lipinski definition) is 4. The molecule has 150 valence electrons. The molecule has 7 nitrogen and oxygen atoms in total. The molecule has 7 heteroatoms. The summed E-state index contributed by atoms with van der Waals surface area (Å²) in [6.45, 7) is 3.70. The number of aromatic nitrogens is 3. The van der Waals surface area contributed by atoms with Crippen LogP contribution >= 0.6 is 0 Å². The lowest BCUT2D eigenvalue weighted by molar-refractivity contribution is -0.135. The number of likely N-dealkylation sites (tertiary alicyclic amines) is 1. The van der Waals surface area contributed by atoms with Gasteiger partial charge >= 0.3 is 0 Å². The van der Waals surface area contributed by atoms with Crippen LogP contribution in [0.4, 0.5) is 0 Å². The molecule has 0 aliphatic carbocycles. The molecular formula is C22H25N5O2. The minimum atomic E-state index is -0.265. The maximum Gasteiger partial charge on any atom is 0.224 e. The van der Waals surface area contributed by atoms with Crippen LogP contribution in [0.1, 0.15) is 25.0 Å². The Morgan fingerprint density at radius 2 is 1.86 bits per heavy atom. The van der Waals surface area contributed by atoms with E-state index in [2.05, 4.69) is 20.6 Å². The Morgan fingerprint density at radius 1 is 1.14 bits per heavy atom.